The first kappa shape index (κ1) is 9.91. The van der Waals surface area contributed by atoms with Gasteiger partial charge in [0.05, 0.1) is 0 Å². The van der Waals surface area contributed by atoms with Crippen molar-refractivity contribution in [1.82, 2.24) is 0 Å². The Bertz CT molecular complexity index is 108. The van der Waals surface area contributed by atoms with Gasteiger partial charge in [-0.3, -0.25) is 0 Å². The van der Waals surface area contributed by atoms with Crippen LogP contribution in [0.5, 0.6) is 0 Å². The van der Waals surface area contributed by atoms with Crippen LogP contribution in [0, 0.1) is 12.3 Å². The van der Waals surface area contributed by atoms with Gasteiger partial charge in [0.25, 0.3) is 0 Å². The molecule has 0 aliphatic rings. The van der Waals surface area contributed by atoms with Crippen molar-refractivity contribution in [3.05, 3.63) is 12.7 Å². The highest BCUT2D eigenvalue weighted by atomic mass is 16.4. The van der Waals surface area contributed by atoms with Crippen LogP contribution >= 0.6 is 0 Å². The lowest BCUT2D eigenvalue weighted by atomic mass is 10.7. The molecule has 0 aliphatic heterocycles. The van der Waals surface area contributed by atoms with E-state index in [1.54, 1.807) is 6.92 Å². The van der Waals surface area contributed by atoms with Crippen LogP contribution in [0.25, 0.3) is 0 Å². The van der Waals surface area contributed by atoms with E-state index in [2.05, 4.69) is 18.9 Å². The van der Waals surface area contributed by atoms with Crippen LogP contribution in [0.3, 0.4) is 0 Å². The molecule has 0 saturated carbocycles. The van der Waals surface area contributed by atoms with Crippen molar-refractivity contribution in [3.63, 3.8) is 0 Å². The lowest BCUT2D eigenvalue weighted by Crippen LogP contribution is -1.82. The van der Waals surface area contributed by atoms with Crippen LogP contribution in [0.2, 0.25) is 0 Å². The summed E-state index contributed by atoms with van der Waals surface area (Å²) in [5.41, 5.74) is 0. The van der Waals surface area contributed by atoms with E-state index in [1.165, 1.54) is 0 Å². The van der Waals surface area contributed by atoms with Gasteiger partial charge in [-0.15, -0.1) is 12.3 Å². The molecule has 1 N–H and O–H groups in total. The fraction of sp³-hybridized carbons (Fsp3) is 0.167. The average molecular weight is 112 g/mol. The Kier molecular flexibility index (Phi) is 11.4. The zero-order valence-corrected chi connectivity index (χ0v) is 4.72. The minimum Gasteiger partial charge on any atom is -0.478 e. The maximum absolute atomic E-state index is 9.25. The minimum absolute atomic E-state index is 0.833. The Morgan fingerprint density at radius 1 is 2.00 bits per heavy atom. The van der Waals surface area contributed by atoms with Crippen LogP contribution < -0.4 is 0 Å². The third-order valence-electron chi connectivity index (χ3n) is 0.175. The molecule has 8 heavy (non-hydrogen) atoms. The number of carbonyl (C=O) groups is 1. The highest BCUT2D eigenvalue weighted by molar-refractivity contribution is 5.78. The molecule has 0 radical (unpaired) electrons. The molecule has 0 rings (SSSR count). The normalized spacial score (nSPS) is 5.00. The molecule has 0 bridgehead atoms. The van der Waals surface area contributed by atoms with Gasteiger partial charge in [0, 0.05) is 6.08 Å². The topological polar surface area (TPSA) is 37.3 Å². The fourth-order valence-electron chi connectivity index (χ4n) is 0. The van der Waals surface area contributed by atoms with Gasteiger partial charge in [0.15, 0.2) is 0 Å². The van der Waals surface area contributed by atoms with Gasteiger partial charge >= 0.3 is 5.97 Å². The van der Waals surface area contributed by atoms with Crippen molar-refractivity contribution in [2.45, 2.75) is 6.92 Å². The van der Waals surface area contributed by atoms with E-state index >= 15 is 0 Å². The van der Waals surface area contributed by atoms with Crippen molar-refractivity contribution < 1.29 is 9.90 Å². The highest BCUT2D eigenvalue weighted by Crippen LogP contribution is 1.54. The number of hydrogen-bond donors (Lipinski definition) is 1. The summed E-state index contributed by atoms with van der Waals surface area (Å²) in [5.74, 6) is 1.27. The van der Waals surface area contributed by atoms with E-state index in [9.17, 15) is 4.79 Å². The van der Waals surface area contributed by atoms with Crippen LogP contribution in [-0.2, 0) is 4.79 Å². The third-order valence-corrected chi connectivity index (χ3v) is 0.175. The summed E-state index contributed by atoms with van der Waals surface area (Å²) in [5, 5.41) is 7.60. The molecule has 0 unspecified atom stereocenters. The molecule has 2 heteroatoms. The summed E-state index contributed by atoms with van der Waals surface area (Å²) >= 11 is 0. The number of terminal acetylenes is 1. The zero-order chi connectivity index (χ0) is 6.99. The summed E-state index contributed by atoms with van der Waals surface area (Å²) in [7, 11) is 0. The van der Waals surface area contributed by atoms with E-state index < -0.39 is 5.97 Å². The van der Waals surface area contributed by atoms with Gasteiger partial charge in [0.1, 0.15) is 0 Å². The predicted molar refractivity (Wildman–Crippen MR) is 32.3 cm³/mol. The summed E-state index contributed by atoms with van der Waals surface area (Å²) in [4.78, 5) is 9.25. The van der Waals surface area contributed by atoms with Crippen LogP contribution in [0.4, 0.5) is 0 Å². The Morgan fingerprint density at radius 2 is 2.12 bits per heavy atom. The number of carboxylic acid groups (broad SMARTS) is 1. The lowest BCUT2D eigenvalue weighted by Gasteiger charge is -1.64. The lowest BCUT2D eigenvalue weighted by molar-refractivity contribution is -0.131. The average Bonchev–Trinajstić information content (AvgIpc) is 1.69. The Morgan fingerprint density at radius 3 is 2.12 bits per heavy atom. The zero-order valence-electron chi connectivity index (χ0n) is 4.72. The van der Waals surface area contributed by atoms with Crippen LogP contribution in [0.15, 0.2) is 12.7 Å². The smallest absolute Gasteiger partial charge is 0.327 e. The first-order valence-corrected chi connectivity index (χ1v) is 1.91. The summed E-state index contributed by atoms with van der Waals surface area (Å²) in [6.45, 7) is 4.61. The molecule has 0 aromatic carbocycles. The van der Waals surface area contributed by atoms with E-state index in [4.69, 9.17) is 5.11 Å². The molecule has 0 fully saturated rings. The van der Waals surface area contributed by atoms with Crippen LogP contribution in [-0.4, -0.2) is 11.1 Å². The van der Waals surface area contributed by atoms with E-state index in [1.807, 2.05) is 0 Å². The number of hydrogen-bond acceptors (Lipinski definition) is 1. The third kappa shape index (κ3) is 114. The maximum Gasteiger partial charge on any atom is 0.327 e. The molecule has 0 heterocycles. The second-order valence-corrected chi connectivity index (χ2v) is 0.831. The predicted octanol–water partition coefficient (Wildman–Crippen LogP) is 0.897. The number of carboxylic acids is 1. The van der Waals surface area contributed by atoms with Crippen molar-refractivity contribution in [1.29, 1.82) is 0 Å². The molecule has 0 aliphatic carbocycles. The second-order valence-electron chi connectivity index (χ2n) is 0.831. The molecule has 2 nitrogen and oxygen atoms in total. The fourth-order valence-corrected chi connectivity index (χ4v) is 0. The van der Waals surface area contributed by atoms with E-state index in [-0.39, 0.29) is 0 Å². The highest BCUT2D eigenvalue weighted by Gasteiger charge is 1.73. The Balaban J connectivity index is 0. The van der Waals surface area contributed by atoms with Gasteiger partial charge in [-0.25, -0.2) is 4.79 Å². The van der Waals surface area contributed by atoms with Crippen molar-refractivity contribution in [3.8, 4) is 12.3 Å². The summed E-state index contributed by atoms with van der Waals surface area (Å²) < 4.78 is 0. The monoisotopic (exact) mass is 112 g/mol. The summed E-state index contributed by atoms with van der Waals surface area (Å²) in [6.07, 6.45) is 5.43. The molecule has 0 saturated heterocycles. The quantitative estimate of drug-likeness (QED) is 0.404. The maximum atomic E-state index is 9.25. The number of rotatable bonds is 1. The van der Waals surface area contributed by atoms with Gasteiger partial charge in [-0.2, -0.15) is 0 Å². The van der Waals surface area contributed by atoms with Gasteiger partial charge in [0.2, 0.25) is 0 Å². The van der Waals surface area contributed by atoms with Gasteiger partial charge < -0.3 is 5.11 Å². The number of aliphatic carboxylic acids is 1. The minimum atomic E-state index is -0.981. The largest absolute Gasteiger partial charge is 0.478 e. The molecule has 0 spiro atoms. The molecular weight excluding hydrogens is 104 g/mol. The van der Waals surface area contributed by atoms with E-state index in [0.29, 0.717) is 0 Å². The summed E-state index contributed by atoms with van der Waals surface area (Å²) in [6, 6.07) is 0. The molecule has 0 aromatic heterocycles. The SMILES string of the molecule is C#CC.C=CC(=O)O. The molecular formula is C6H8O2. The standard InChI is InChI=1S/C3H4O2.C3H4/c1-2-3(4)5;1-3-2/h2H,1H2,(H,4,5);1H,2H3. The molecule has 0 amide bonds. The molecule has 44 valence electrons. The Labute approximate surface area is 48.8 Å². The van der Waals surface area contributed by atoms with E-state index in [0.717, 1.165) is 6.08 Å². The van der Waals surface area contributed by atoms with Crippen molar-refractivity contribution >= 4 is 5.97 Å². The van der Waals surface area contributed by atoms with Crippen molar-refractivity contribution in [2.24, 2.45) is 0 Å². The first-order chi connectivity index (χ1) is 3.68. The van der Waals surface area contributed by atoms with Gasteiger partial charge in [-0.1, -0.05) is 6.58 Å². The van der Waals surface area contributed by atoms with Gasteiger partial charge in [-0.05, 0) is 6.92 Å². The van der Waals surface area contributed by atoms with Crippen molar-refractivity contribution in [2.75, 3.05) is 0 Å². The van der Waals surface area contributed by atoms with Crippen LogP contribution in [0.1, 0.15) is 6.92 Å². The molecule has 0 aromatic rings. The Hall–Kier alpha value is -1.23. The second kappa shape index (κ2) is 9.24. The molecule has 0 atom stereocenters. The first-order valence-electron chi connectivity index (χ1n) is 1.91.